The molecule has 0 saturated carbocycles. The Bertz CT molecular complexity index is 457. The van der Waals surface area contributed by atoms with Crippen molar-refractivity contribution in [2.75, 3.05) is 18.0 Å². The molecule has 1 saturated heterocycles. The summed E-state index contributed by atoms with van der Waals surface area (Å²) < 4.78 is 1.21. The molecule has 1 heterocycles. The Balaban J connectivity index is 2.07. The molecule has 0 amide bonds. The number of hydrogen-bond acceptors (Lipinski definition) is 2. The first kappa shape index (κ1) is 16.8. The van der Waals surface area contributed by atoms with Crippen LogP contribution in [-0.4, -0.2) is 19.1 Å². The van der Waals surface area contributed by atoms with Gasteiger partial charge in [-0.1, -0.05) is 19.9 Å². The first-order valence-corrected chi connectivity index (χ1v) is 9.05. The van der Waals surface area contributed by atoms with Crippen molar-refractivity contribution in [3.8, 4) is 0 Å². The zero-order chi connectivity index (χ0) is 15.4. The van der Waals surface area contributed by atoms with Gasteiger partial charge in [0.1, 0.15) is 0 Å². The van der Waals surface area contributed by atoms with Gasteiger partial charge in [-0.15, -0.1) is 0 Å². The van der Waals surface area contributed by atoms with Crippen LogP contribution in [0.3, 0.4) is 0 Å². The van der Waals surface area contributed by atoms with Crippen molar-refractivity contribution in [3.05, 3.63) is 28.2 Å². The molecule has 1 aliphatic heterocycles. The Morgan fingerprint density at radius 1 is 1.24 bits per heavy atom. The number of nitrogens with zero attached hydrogens (tertiary/aromatic N) is 1. The fraction of sp³-hybridized carbons (Fsp3) is 0.667. The number of anilines is 1. The summed E-state index contributed by atoms with van der Waals surface area (Å²) in [4.78, 5) is 2.54. The molecule has 0 radical (unpaired) electrons. The SMILES string of the molecule is CC(N)Cc1ccc(N2CCCC(C(C)C)CC2)c(Br)c1. The topological polar surface area (TPSA) is 29.3 Å². The fourth-order valence-electron chi connectivity index (χ4n) is 3.34. The molecule has 2 nitrogen and oxygen atoms in total. The quantitative estimate of drug-likeness (QED) is 0.857. The molecule has 2 unspecified atom stereocenters. The zero-order valence-electron chi connectivity index (χ0n) is 13.6. The molecule has 118 valence electrons. The van der Waals surface area contributed by atoms with Crippen LogP contribution in [0.5, 0.6) is 0 Å². The van der Waals surface area contributed by atoms with Crippen LogP contribution < -0.4 is 10.6 Å². The molecule has 21 heavy (non-hydrogen) atoms. The Hall–Kier alpha value is -0.540. The molecule has 2 N–H and O–H groups in total. The van der Waals surface area contributed by atoms with E-state index in [4.69, 9.17) is 5.73 Å². The van der Waals surface area contributed by atoms with Crippen molar-refractivity contribution < 1.29 is 0 Å². The van der Waals surface area contributed by atoms with Crippen LogP contribution in [0.15, 0.2) is 22.7 Å². The van der Waals surface area contributed by atoms with Crippen LogP contribution in [0.25, 0.3) is 0 Å². The van der Waals surface area contributed by atoms with E-state index in [9.17, 15) is 0 Å². The van der Waals surface area contributed by atoms with Crippen molar-refractivity contribution in [1.29, 1.82) is 0 Å². The van der Waals surface area contributed by atoms with Gasteiger partial charge in [0, 0.05) is 23.6 Å². The molecule has 1 aromatic rings. The maximum Gasteiger partial charge on any atom is 0.0510 e. The molecule has 1 aromatic carbocycles. The lowest BCUT2D eigenvalue weighted by atomic mass is 9.89. The molecule has 0 aromatic heterocycles. The molecule has 1 fully saturated rings. The van der Waals surface area contributed by atoms with Gasteiger partial charge in [0.15, 0.2) is 0 Å². The Morgan fingerprint density at radius 2 is 2.00 bits per heavy atom. The minimum Gasteiger partial charge on any atom is -0.371 e. The van der Waals surface area contributed by atoms with E-state index in [-0.39, 0.29) is 6.04 Å². The second-order valence-electron chi connectivity index (χ2n) is 6.89. The number of hydrogen-bond donors (Lipinski definition) is 1. The maximum absolute atomic E-state index is 5.89. The minimum absolute atomic E-state index is 0.215. The molecule has 1 aliphatic rings. The predicted molar refractivity (Wildman–Crippen MR) is 95.9 cm³/mol. The van der Waals surface area contributed by atoms with Gasteiger partial charge in [0.05, 0.1) is 5.69 Å². The molecular formula is C18H29BrN2. The molecule has 0 aliphatic carbocycles. The number of halogens is 1. The summed E-state index contributed by atoms with van der Waals surface area (Å²) in [6.45, 7) is 9.13. The van der Waals surface area contributed by atoms with Crippen molar-refractivity contribution >= 4 is 21.6 Å². The molecule has 3 heteroatoms. The van der Waals surface area contributed by atoms with Crippen molar-refractivity contribution in [3.63, 3.8) is 0 Å². The van der Waals surface area contributed by atoms with Crippen LogP contribution in [0.2, 0.25) is 0 Å². The van der Waals surface area contributed by atoms with Crippen LogP contribution in [0, 0.1) is 11.8 Å². The van der Waals surface area contributed by atoms with Crippen molar-refractivity contribution in [2.45, 2.75) is 52.5 Å². The normalized spacial score (nSPS) is 21.4. The van der Waals surface area contributed by atoms with E-state index in [2.05, 4.69) is 59.8 Å². The van der Waals surface area contributed by atoms with Crippen LogP contribution in [-0.2, 0) is 6.42 Å². The van der Waals surface area contributed by atoms with Gasteiger partial charge in [0.2, 0.25) is 0 Å². The van der Waals surface area contributed by atoms with Crippen molar-refractivity contribution in [1.82, 2.24) is 0 Å². The third-order valence-electron chi connectivity index (χ3n) is 4.63. The van der Waals surface area contributed by atoms with Crippen LogP contribution >= 0.6 is 15.9 Å². The number of rotatable bonds is 4. The summed E-state index contributed by atoms with van der Waals surface area (Å²) >= 11 is 3.76. The second kappa shape index (κ2) is 7.64. The third-order valence-corrected chi connectivity index (χ3v) is 5.26. The van der Waals surface area contributed by atoms with E-state index in [1.807, 2.05) is 0 Å². The standard InChI is InChI=1S/C18H29BrN2/c1-13(2)16-5-4-9-21(10-8-16)18-7-6-15(11-14(3)20)12-17(18)19/h6-7,12-14,16H,4-5,8-11,20H2,1-3H3. The van der Waals surface area contributed by atoms with E-state index >= 15 is 0 Å². The highest BCUT2D eigenvalue weighted by Gasteiger charge is 2.20. The summed E-state index contributed by atoms with van der Waals surface area (Å²) in [5.74, 6) is 1.69. The van der Waals surface area contributed by atoms with E-state index in [1.54, 1.807) is 0 Å². The van der Waals surface area contributed by atoms with E-state index in [1.165, 1.54) is 48.1 Å². The van der Waals surface area contributed by atoms with Crippen LogP contribution in [0.1, 0.15) is 45.6 Å². The summed E-state index contributed by atoms with van der Waals surface area (Å²) in [7, 11) is 0. The maximum atomic E-state index is 5.89. The summed E-state index contributed by atoms with van der Waals surface area (Å²) in [5.41, 5.74) is 8.55. The highest BCUT2D eigenvalue weighted by atomic mass is 79.9. The monoisotopic (exact) mass is 352 g/mol. The largest absolute Gasteiger partial charge is 0.371 e. The molecule has 0 bridgehead atoms. The lowest BCUT2D eigenvalue weighted by molar-refractivity contribution is 0.351. The molecule has 2 rings (SSSR count). The van der Waals surface area contributed by atoms with Gasteiger partial charge in [-0.25, -0.2) is 0 Å². The summed E-state index contributed by atoms with van der Waals surface area (Å²) in [6.07, 6.45) is 4.92. The van der Waals surface area contributed by atoms with Gasteiger partial charge in [-0.05, 0) is 78.1 Å². The Morgan fingerprint density at radius 3 is 2.62 bits per heavy atom. The highest BCUT2D eigenvalue weighted by Crippen LogP contribution is 2.32. The van der Waals surface area contributed by atoms with Gasteiger partial charge < -0.3 is 10.6 Å². The Kier molecular flexibility index (Phi) is 6.12. The highest BCUT2D eigenvalue weighted by molar-refractivity contribution is 9.10. The van der Waals surface area contributed by atoms with E-state index < -0.39 is 0 Å². The lowest BCUT2D eigenvalue weighted by Crippen LogP contribution is -2.25. The second-order valence-corrected chi connectivity index (χ2v) is 7.74. The number of benzene rings is 1. The smallest absolute Gasteiger partial charge is 0.0510 e. The molecule has 0 spiro atoms. The predicted octanol–water partition coefficient (Wildman–Crippen LogP) is 4.60. The number of nitrogens with two attached hydrogens (primary N) is 1. The van der Waals surface area contributed by atoms with Gasteiger partial charge >= 0.3 is 0 Å². The first-order chi connectivity index (χ1) is 9.97. The van der Waals surface area contributed by atoms with E-state index in [0.717, 1.165) is 18.3 Å². The molecule has 2 atom stereocenters. The average molecular weight is 353 g/mol. The summed E-state index contributed by atoms with van der Waals surface area (Å²) in [5, 5.41) is 0. The summed E-state index contributed by atoms with van der Waals surface area (Å²) in [6, 6.07) is 6.95. The van der Waals surface area contributed by atoms with Gasteiger partial charge in [-0.2, -0.15) is 0 Å². The fourth-order valence-corrected chi connectivity index (χ4v) is 4.01. The zero-order valence-corrected chi connectivity index (χ0v) is 15.2. The van der Waals surface area contributed by atoms with E-state index in [0.29, 0.717) is 0 Å². The van der Waals surface area contributed by atoms with Crippen LogP contribution in [0.4, 0.5) is 5.69 Å². The average Bonchev–Trinajstić information content (AvgIpc) is 2.64. The minimum atomic E-state index is 0.215. The molecular weight excluding hydrogens is 324 g/mol. The lowest BCUT2D eigenvalue weighted by Gasteiger charge is -2.25. The van der Waals surface area contributed by atoms with Gasteiger partial charge in [-0.3, -0.25) is 0 Å². The third kappa shape index (κ3) is 4.72. The first-order valence-electron chi connectivity index (χ1n) is 8.26. The van der Waals surface area contributed by atoms with Crippen molar-refractivity contribution in [2.24, 2.45) is 17.6 Å². The Labute approximate surface area is 138 Å². The van der Waals surface area contributed by atoms with Gasteiger partial charge in [0.25, 0.3) is 0 Å².